The van der Waals surface area contributed by atoms with Gasteiger partial charge in [-0.2, -0.15) is 26.3 Å². The summed E-state index contributed by atoms with van der Waals surface area (Å²) in [5, 5.41) is 54.5. The summed E-state index contributed by atoms with van der Waals surface area (Å²) in [6.07, 6.45) is -3.36. The number of aryl methyl sites for hydroxylation is 1. The summed E-state index contributed by atoms with van der Waals surface area (Å²) in [6, 6.07) is 2.62. The second-order valence-electron chi connectivity index (χ2n) is 13.6. The van der Waals surface area contributed by atoms with Crippen LogP contribution < -0.4 is 15.4 Å². The average Bonchev–Trinajstić information content (AvgIpc) is 3.46. The number of fused-ring (bicyclic) bond motifs is 1. The monoisotopic (exact) mass is 745 g/mol. The van der Waals surface area contributed by atoms with Crippen LogP contribution in [0.2, 0.25) is 0 Å². The predicted octanol–water partition coefficient (Wildman–Crippen LogP) is 6.46. The van der Waals surface area contributed by atoms with Crippen molar-refractivity contribution in [3.63, 3.8) is 0 Å². The molecule has 280 valence electrons. The van der Waals surface area contributed by atoms with Crippen LogP contribution in [0, 0.1) is 0 Å². The molecular formula is C34H33F6N9O4. The molecule has 0 spiro atoms. The first kappa shape index (κ1) is 36.1. The van der Waals surface area contributed by atoms with E-state index in [1.165, 1.54) is 6.20 Å². The van der Waals surface area contributed by atoms with Gasteiger partial charge in [-0.1, -0.05) is 12.8 Å². The van der Waals surface area contributed by atoms with Crippen LogP contribution in [0.25, 0.3) is 33.7 Å². The summed E-state index contributed by atoms with van der Waals surface area (Å²) in [6.45, 7) is 1.70. The first-order chi connectivity index (χ1) is 25.0. The molecule has 4 heterocycles. The lowest BCUT2D eigenvalue weighted by atomic mass is 9.77. The third-order valence-corrected chi connectivity index (χ3v) is 9.40. The Balaban J connectivity index is 1.32. The van der Waals surface area contributed by atoms with Crippen LogP contribution >= 0.6 is 0 Å². The van der Waals surface area contributed by atoms with Crippen molar-refractivity contribution in [1.29, 1.82) is 0 Å². The van der Waals surface area contributed by atoms with Gasteiger partial charge in [0, 0.05) is 30.9 Å². The third kappa shape index (κ3) is 7.35. The van der Waals surface area contributed by atoms with E-state index < -0.39 is 63.8 Å². The zero-order chi connectivity index (χ0) is 37.9. The van der Waals surface area contributed by atoms with Gasteiger partial charge in [0.15, 0.2) is 23.2 Å². The number of phenolic OH excluding ortho intramolecular Hbond substituents is 1. The number of halogens is 6. The van der Waals surface area contributed by atoms with E-state index >= 15 is 0 Å². The Labute approximate surface area is 297 Å². The Kier molecular flexibility index (Phi) is 9.04. The van der Waals surface area contributed by atoms with Crippen molar-refractivity contribution in [2.75, 3.05) is 10.6 Å². The van der Waals surface area contributed by atoms with Gasteiger partial charge in [-0.05, 0) is 56.9 Å². The van der Waals surface area contributed by atoms with E-state index in [1.54, 1.807) is 30.8 Å². The lowest BCUT2D eigenvalue weighted by Crippen LogP contribution is -2.48. The number of benzene rings is 1. The molecule has 2 aliphatic rings. The molecule has 2 atom stereocenters. The number of aromatic hydroxyl groups is 1. The number of alkyl halides is 6. The lowest BCUT2D eigenvalue weighted by Gasteiger charge is -2.41. The van der Waals surface area contributed by atoms with E-state index in [4.69, 9.17) is 4.74 Å². The highest BCUT2D eigenvalue weighted by atomic mass is 19.4. The van der Waals surface area contributed by atoms with Gasteiger partial charge < -0.3 is 35.3 Å². The van der Waals surface area contributed by atoms with Crippen LogP contribution in [-0.2, 0) is 19.4 Å². The highest BCUT2D eigenvalue weighted by Crippen LogP contribution is 2.46. The number of phenols is 1. The summed E-state index contributed by atoms with van der Waals surface area (Å²) in [5.74, 6) is -2.33. The number of pyridine rings is 1. The van der Waals surface area contributed by atoms with Gasteiger partial charge in [-0.3, -0.25) is 0 Å². The number of ether oxygens (including phenoxy) is 1. The van der Waals surface area contributed by atoms with Gasteiger partial charge >= 0.3 is 12.4 Å². The molecule has 13 nitrogen and oxygen atoms in total. The standard InChI is InChI=1S/C34H33F6N9O4/c1-32(52)12-18(13-32)43-31-29-19(7-8-49(29)2)27(46-48-31)28-24(11-17(14-41-28)34(38,39)40)53-23-10-16(33(35,36)37)9-22(51)26(23)30-42-15-25(45-47-30)44-20-5-3-4-6-21(20)50/h7-11,14-15,18,20-21,50-52H,3-6,12-13H2,1-2H3,(H,43,48)(H,44,45)/t18-,20-,21-,32+/m1/s1. The summed E-state index contributed by atoms with van der Waals surface area (Å²) < 4.78 is 91.7. The molecule has 4 aromatic heterocycles. The normalized spacial score (nSPS) is 22.0. The summed E-state index contributed by atoms with van der Waals surface area (Å²) in [4.78, 5) is 8.16. The molecule has 2 fully saturated rings. The fourth-order valence-corrected chi connectivity index (χ4v) is 6.75. The minimum atomic E-state index is -5.00. The maximum absolute atomic E-state index is 14.0. The highest BCUT2D eigenvalue weighted by Gasteiger charge is 2.39. The Hall–Kier alpha value is -5.30. The smallest absolute Gasteiger partial charge is 0.418 e. The Morgan fingerprint density at radius 1 is 0.868 bits per heavy atom. The minimum Gasteiger partial charge on any atom is -0.507 e. The van der Waals surface area contributed by atoms with Crippen LogP contribution in [0.5, 0.6) is 17.2 Å². The maximum Gasteiger partial charge on any atom is 0.418 e. The largest absolute Gasteiger partial charge is 0.507 e. The first-order valence-electron chi connectivity index (χ1n) is 16.6. The minimum absolute atomic E-state index is 0.0496. The Morgan fingerprint density at radius 3 is 2.25 bits per heavy atom. The number of rotatable bonds is 8. The quantitative estimate of drug-likeness (QED) is 0.110. The number of hydrogen-bond donors (Lipinski definition) is 5. The van der Waals surface area contributed by atoms with Gasteiger partial charge in [-0.25, -0.2) is 9.97 Å². The molecule has 0 amide bonds. The Morgan fingerprint density at radius 2 is 1.58 bits per heavy atom. The number of nitrogens with one attached hydrogen (secondary N) is 2. The molecule has 5 N–H and O–H groups in total. The molecule has 1 aromatic carbocycles. The topological polar surface area (TPSA) is 176 Å². The van der Waals surface area contributed by atoms with Gasteiger partial charge in [0.1, 0.15) is 28.5 Å². The van der Waals surface area contributed by atoms with Gasteiger partial charge in [0.05, 0.1) is 40.6 Å². The van der Waals surface area contributed by atoms with Crippen LogP contribution in [0.4, 0.5) is 38.0 Å². The highest BCUT2D eigenvalue weighted by molar-refractivity contribution is 5.99. The van der Waals surface area contributed by atoms with Gasteiger partial charge in [0.25, 0.3) is 0 Å². The summed E-state index contributed by atoms with van der Waals surface area (Å²) in [7, 11) is 1.71. The van der Waals surface area contributed by atoms with Crippen molar-refractivity contribution in [2.24, 2.45) is 7.05 Å². The summed E-state index contributed by atoms with van der Waals surface area (Å²) in [5.41, 5.74) is -3.85. The number of hydrogen-bond acceptors (Lipinski definition) is 12. The van der Waals surface area contributed by atoms with Crippen LogP contribution in [0.1, 0.15) is 56.6 Å². The van der Waals surface area contributed by atoms with E-state index in [0.29, 0.717) is 66.8 Å². The van der Waals surface area contributed by atoms with Crippen LogP contribution in [0.3, 0.4) is 0 Å². The lowest BCUT2D eigenvalue weighted by molar-refractivity contribution is -0.138. The molecule has 2 saturated carbocycles. The van der Waals surface area contributed by atoms with Gasteiger partial charge in [-0.15, -0.1) is 20.4 Å². The van der Waals surface area contributed by atoms with Crippen molar-refractivity contribution in [1.82, 2.24) is 34.9 Å². The van der Waals surface area contributed by atoms with Crippen molar-refractivity contribution in [2.45, 2.75) is 81.6 Å². The van der Waals surface area contributed by atoms with E-state index in [1.807, 2.05) is 0 Å². The zero-order valence-corrected chi connectivity index (χ0v) is 28.2. The molecule has 0 aliphatic heterocycles. The van der Waals surface area contributed by atoms with Crippen LogP contribution in [0.15, 0.2) is 42.9 Å². The average molecular weight is 746 g/mol. The number of aromatic nitrogens is 7. The van der Waals surface area contributed by atoms with Gasteiger partial charge in [0.2, 0.25) is 0 Å². The zero-order valence-electron chi connectivity index (χ0n) is 28.2. The number of nitrogens with zero attached hydrogens (tertiary/aromatic N) is 7. The SMILES string of the molecule is Cn1ccc2c(-c3ncc(C(F)(F)F)cc3Oc3cc(C(F)(F)F)cc(O)c3-c3ncc(N[C@@H]4CCCC[C@H]4O)nn3)nnc(N[C@H]3C[C@@](C)(O)C3)c21. The summed E-state index contributed by atoms with van der Waals surface area (Å²) >= 11 is 0. The molecule has 0 radical (unpaired) electrons. The molecule has 2 aliphatic carbocycles. The Bertz CT molecular complexity index is 2150. The molecule has 0 unspecified atom stereocenters. The fourth-order valence-electron chi connectivity index (χ4n) is 6.75. The second-order valence-corrected chi connectivity index (χ2v) is 13.6. The molecule has 53 heavy (non-hydrogen) atoms. The second kappa shape index (κ2) is 13.3. The number of anilines is 2. The predicted molar refractivity (Wildman–Crippen MR) is 178 cm³/mol. The van der Waals surface area contributed by atoms with Crippen molar-refractivity contribution >= 4 is 22.5 Å². The van der Waals surface area contributed by atoms with Crippen molar-refractivity contribution in [3.05, 3.63) is 54.0 Å². The van der Waals surface area contributed by atoms with Crippen LogP contribution in [-0.4, -0.2) is 74.0 Å². The molecule has 0 bridgehead atoms. The fraction of sp³-hybridized carbons (Fsp3) is 0.412. The van der Waals surface area contributed by atoms with E-state index in [-0.39, 0.29) is 29.3 Å². The van der Waals surface area contributed by atoms with E-state index in [0.717, 1.165) is 12.8 Å². The number of aliphatic hydroxyl groups excluding tert-OH is 1. The molecular weight excluding hydrogens is 712 g/mol. The third-order valence-electron chi connectivity index (χ3n) is 9.40. The van der Waals surface area contributed by atoms with Crippen molar-refractivity contribution < 1.29 is 46.4 Å². The molecule has 7 rings (SSSR count). The first-order valence-corrected chi connectivity index (χ1v) is 16.6. The number of aliphatic hydroxyl groups is 2. The molecule has 5 aromatic rings. The van der Waals surface area contributed by atoms with E-state index in [9.17, 15) is 41.7 Å². The van der Waals surface area contributed by atoms with E-state index in [2.05, 4.69) is 41.0 Å². The molecule has 19 heteroatoms. The maximum atomic E-state index is 14.0. The van der Waals surface area contributed by atoms with Crippen molar-refractivity contribution in [3.8, 4) is 40.0 Å². The molecule has 0 saturated heterocycles.